The average Bonchev–Trinajstić information content (AvgIpc) is 2.67. The predicted octanol–water partition coefficient (Wildman–Crippen LogP) is 4.26. The van der Waals surface area contributed by atoms with Crippen LogP contribution >= 0.6 is 0 Å². The fourth-order valence-corrected chi connectivity index (χ4v) is 7.16. The number of hydrogen-bond acceptors (Lipinski definition) is 3. The molecule has 2 atom stereocenters. The fourth-order valence-electron chi connectivity index (χ4n) is 7.16. The van der Waals surface area contributed by atoms with Crippen molar-refractivity contribution in [1.82, 2.24) is 5.01 Å². The van der Waals surface area contributed by atoms with Crippen LogP contribution in [-0.4, -0.2) is 33.2 Å². The number of anilines is 1. The quantitative estimate of drug-likeness (QED) is 0.828. The normalized spacial score (nSPS) is 37.3. The first-order valence-electron chi connectivity index (χ1n) is 10.8. The van der Waals surface area contributed by atoms with Gasteiger partial charge >= 0.3 is 0 Å². The number of hydrogen-bond donors (Lipinski definition) is 1. The summed E-state index contributed by atoms with van der Waals surface area (Å²) in [5.41, 5.74) is -0.296. The molecule has 1 heterocycles. The molecule has 152 valence electrons. The number of benzene rings is 2. The number of carbonyl (C=O) groups excluding carboxylic acids is 1. The Morgan fingerprint density at radius 2 is 1.66 bits per heavy atom. The van der Waals surface area contributed by atoms with Crippen LogP contribution in [0.3, 0.4) is 0 Å². The third-order valence-corrected chi connectivity index (χ3v) is 8.03. The summed E-state index contributed by atoms with van der Waals surface area (Å²) in [7, 11) is 0. The third kappa shape index (κ3) is 2.25. The number of aliphatic hydroxyl groups is 1. The largest absolute Gasteiger partial charge is 0.390 e. The molecule has 7 rings (SSSR count). The molecule has 5 fully saturated rings. The van der Waals surface area contributed by atoms with Crippen LogP contribution in [0.15, 0.2) is 36.4 Å². The van der Waals surface area contributed by atoms with Crippen LogP contribution in [0.2, 0.25) is 0 Å². The molecule has 2 aromatic carbocycles. The van der Waals surface area contributed by atoms with Crippen LogP contribution in [0.5, 0.6) is 0 Å². The summed E-state index contributed by atoms with van der Waals surface area (Å²) in [5, 5.41) is 16.4. The van der Waals surface area contributed by atoms with E-state index in [9.17, 15) is 14.3 Å². The maximum absolute atomic E-state index is 14.4. The van der Waals surface area contributed by atoms with Crippen molar-refractivity contribution in [2.24, 2.45) is 17.8 Å². The van der Waals surface area contributed by atoms with Gasteiger partial charge in [-0.05, 0) is 75.8 Å². The van der Waals surface area contributed by atoms with Crippen LogP contribution < -0.4 is 5.01 Å². The Morgan fingerprint density at radius 1 is 1.00 bits per heavy atom. The van der Waals surface area contributed by atoms with Crippen LogP contribution in [0.4, 0.5) is 10.1 Å². The van der Waals surface area contributed by atoms with E-state index in [1.54, 1.807) is 6.07 Å². The number of amides is 1. The minimum absolute atomic E-state index is 0.135. The van der Waals surface area contributed by atoms with Gasteiger partial charge in [-0.2, -0.15) is 0 Å². The molecular weight excluding hydrogens is 367 g/mol. The van der Waals surface area contributed by atoms with Crippen molar-refractivity contribution in [1.29, 1.82) is 0 Å². The highest BCUT2D eigenvalue weighted by Gasteiger charge is 2.63. The van der Waals surface area contributed by atoms with Gasteiger partial charge in [0.25, 0.3) is 5.91 Å². The van der Waals surface area contributed by atoms with Crippen molar-refractivity contribution >= 4 is 22.4 Å². The Hall–Kier alpha value is -2.14. The van der Waals surface area contributed by atoms with E-state index >= 15 is 0 Å². The zero-order valence-electron chi connectivity index (χ0n) is 16.9. The summed E-state index contributed by atoms with van der Waals surface area (Å²) in [5.74, 6) is 1.19. The highest BCUT2D eigenvalue weighted by atomic mass is 19.1. The minimum Gasteiger partial charge on any atom is -0.390 e. The molecule has 5 heteroatoms. The topological polar surface area (TPSA) is 43.8 Å². The van der Waals surface area contributed by atoms with Gasteiger partial charge in [0, 0.05) is 10.8 Å². The first kappa shape index (κ1) is 17.7. The molecule has 1 aliphatic heterocycles. The highest BCUT2D eigenvalue weighted by molar-refractivity contribution is 6.03. The molecule has 4 saturated carbocycles. The lowest BCUT2D eigenvalue weighted by atomic mass is 9.52. The van der Waals surface area contributed by atoms with Crippen molar-refractivity contribution in [3.63, 3.8) is 0 Å². The molecule has 1 saturated heterocycles. The first-order chi connectivity index (χ1) is 13.8. The van der Waals surface area contributed by atoms with Crippen molar-refractivity contribution < 1.29 is 14.3 Å². The second-order valence-electron chi connectivity index (χ2n) is 10.3. The van der Waals surface area contributed by atoms with Gasteiger partial charge in [-0.25, -0.2) is 9.40 Å². The summed E-state index contributed by atoms with van der Waals surface area (Å²) in [6.45, 7) is 3.90. The van der Waals surface area contributed by atoms with E-state index in [0.717, 1.165) is 43.2 Å². The Balaban J connectivity index is 1.45. The Kier molecular flexibility index (Phi) is 3.36. The zero-order chi connectivity index (χ0) is 20.1. The lowest BCUT2D eigenvalue weighted by Crippen LogP contribution is -2.81. The van der Waals surface area contributed by atoms with E-state index in [1.165, 1.54) is 6.07 Å². The van der Waals surface area contributed by atoms with Crippen LogP contribution in [0, 0.1) is 23.6 Å². The Bertz CT molecular complexity index is 1020. The lowest BCUT2D eigenvalue weighted by molar-refractivity contribution is -0.190. The molecule has 0 radical (unpaired) electrons. The summed E-state index contributed by atoms with van der Waals surface area (Å²) < 4.78 is 14.4. The van der Waals surface area contributed by atoms with Crippen LogP contribution in [0.1, 0.15) is 46.0 Å². The molecule has 0 aromatic heterocycles. The summed E-state index contributed by atoms with van der Waals surface area (Å²) in [6.07, 6.45) is 4.73. The molecule has 2 aromatic rings. The monoisotopic (exact) mass is 394 g/mol. The SMILES string of the molecule is CC1(C)C(=O)N([C@H]2C3CC4CC2C[C@](O)(C4)C3)N1c1ccc(F)c2ccccc12. The molecule has 29 heavy (non-hydrogen) atoms. The molecule has 4 aliphatic carbocycles. The molecule has 2 unspecified atom stereocenters. The molecule has 4 bridgehead atoms. The van der Waals surface area contributed by atoms with Gasteiger partial charge < -0.3 is 5.11 Å². The van der Waals surface area contributed by atoms with Crippen molar-refractivity contribution in [2.45, 2.75) is 63.1 Å². The van der Waals surface area contributed by atoms with E-state index in [4.69, 9.17) is 0 Å². The summed E-state index contributed by atoms with van der Waals surface area (Å²) in [4.78, 5) is 13.3. The first-order valence-corrected chi connectivity index (χ1v) is 10.8. The van der Waals surface area contributed by atoms with Gasteiger partial charge in [-0.1, -0.05) is 24.3 Å². The molecule has 1 N–H and O–H groups in total. The van der Waals surface area contributed by atoms with E-state index in [0.29, 0.717) is 23.1 Å². The van der Waals surface area contributed by atoms with Crippen LogP contribution in [-0.2, 0) is 4.79 Å². The molecule has 5 aliphatic rings. The number of rotatable bonds is 2. The number of nitrogens with zero attached hydrogens (tertiary/aromatic N) is 2. The van der Waals surface area contributed by atoms with Gasteiger partial charge in [-0.15, -0.1) is 0 Å². The predicted molar refractivity (Wildman–Crippen MR) is 110 cm³/mol. The van der Waals surface area contributed by atoms with Gasteiger partial charge in [0.1, 0.15) is 11.4 Å². The van der Waals surface area contributed by atoms with Crippen molar-refractivity contribution in [3.05, 3.63) is 42.2 Å². The molecule has 1 amide bonds. The number of fused-ring (bicyclic) bond motifs is 1. The van der Waals surface area contributed by atoms with E-state index in [2.05, 4.69) is 5.01 Å². The zero-order valence-corrected chi connectivity index (χ0v) is 16.9. The molecule has 0 spiro atoms. The van der Waals surface area contributed by atoms with Gasteiger partial charge in [0.2, 0.25) is 0 Å². The van der Waals surface area contributed by atoms with E-state index in [1.807, 2.05) is 43.1 Å². The fraction of sp³-hybridized carbons (Fsp3) is 0.542. The van der Waals surface area contributed by atoms with Gasteiger partial charge in [0.05, 0.1) is 17.3 Å². The Labute approximate surface area is 170 Å². The van der Waals surface area contributed by atoms with E-state index < -0.39 is 11.1 Å². The standard InChI is InChI=1S/C24H27FN2O2/c1-23(2)22(28)26(21-15-9-14-10-16(21)13-24(29,11-14)12-15)27(23)20-8-7-19(25)17-5-3-4-6-18(17)20/h3-8,14-16,21,29H,9-13H2,1-2H3/t14?,15?,16?,21-,24-. The average molecular weight is 394 g/mol. The number of hydrazine groups is 1. The van der Waals surface area contributed by atoms with Crippen molar-refractivity contribution in [2.75, 3.05) is 5.01 Å². The van der Waals surface area contributed by atoms with E-state index in [-0.39, 0.29) is 17.8 Å². The summed E-state index contributed by atoms with van der Waals surface area (Å²) in [6, 6.07) is 10.9. The second kappa shape index (κ2) is 5.51. The van der Waals surface area contributed by atoms with Crippen molar-refractivity contribution in [3.8, 4) is 0 Å². The number of carbonyl (C=O) groups is 1. The minimum atomic E-state index is -0.661. The summed E-state index contributed by atoms with van der Waals surface area (Å²) >= 11 is 0. The van der Waals surface area contributed by atoms with Crippen LogP contribution in [0.25, 0.3) is 10.8 Å². The maximum atomic E-state index is 14.4. The smallest absolute Gasteiger partial charge is 0.268 e. The Morgan fingerprint density at radius 3 is 2.31 bits per heavy atom. The number of halogens is 1. The third-order valence-electron chi connectivity index (χ3n) is 8.03. The highest BCUT2D eigenvalue weighted by Crippen LogP contribution is 2.59. The molecule has 4 nitrogen and oxygen atoms in total. The second-order valence-corrected chi connectivity index (χ2v) is 10.3. The van der Waals surface area contributed by atoms with Gasteiger partial charge in [-0.3, -0.25) is 9.80 Å². The molecular formula is C24H27FN2O2. The lowest BCUT2D eigenvalue weighted by Gasteiger charge is -2.67. The van der Waals surface area contributed by atoms with Gasteiger partial charge in [0.15, 0.2) is 0 Å². The maximum Gasteiger partial charge on any atom is 0.268 e.